The second-order valence-electron chi connectivity index (χ2n) is 8.02. The number of aromatic nitrogens is 2. The highest BCUT2D eigenvalue weighted by molar-refractivity contribution is 6.04. The molecule has 0 bridgehead atoms. The zero-order valence-corrected chi connectivity index (χ0v) is 17.8. The number of anilines is 1. The maximum atomic E-state index is 13.0. The fraction of sp³-hybridized carbons (Fsp3) is 0.500. The van der Waals surface area contributed by atoms with E-state index in [2.05, 4.69) is 20.5 Å². The average molecular weight is 398 g/mol. The van der Waals surface area contributed by atoms with Gasteiger partial charge in [-0.1, -0.05) is 17.7 Å². The monoisotopic (exact) mass is 397 g/mol. The van der Waals surface area contributed by atoms with E-state index in [0.29, 0.717) is 24.6 Å². The van der Waals surface area contributed by atoms with E-state index in [1.54, 1.807) is 0 Å². The van der Waals surface area contributed by atoms with Crippen LogP contribution in [0.5, 0.6) is 0 Å². The molecule has 7 nitrogen and oxygen atoms in total. The largest absolute Gasteiger partial charge is 0.351 e. The fourth-order valence-electron chi connectivity index (χ4n) is 3.71. The smallest absolute Gasteiger partial charge is 0.291 e. The summed E-state index contributed by atoms with van der Waals surface area (Å²) < 4.78 is 1.91. The molecule has 2 heterocycles. The Hall–Kier alpha value is -2.67. The molecule has 1 aliphatic rings. The summed E-state index contributed by atoms with van der Waals surface area (Å²) in [5, 5.41) is 5.91. The van der Waals surface area contributed by atoms with Crippen LogP contribution in [0.1, 0.15) is 57.2 Å². The first-order valence-corrected chi connectivity index (χ1v) is 10.3. The van der Waals surface area contributed by atoms with Crippen LogP contribution in [0.25, 0.3) is 0 Å². The lowest BCUT2D eigenvalue weighted by Crippen LogP contribution is -2.28. The molecule has 0 saturated heterocycles. The van der Waals surface area contributed by atoms with Crippen molar-refractivity contribution in [2.45, 2.75) is 46.1 Å². The van der Waals surface area contributed by atoms with Crippen LogP contribution in [0.2, 0.25) is 0 Å². The molecule has 0 unspecified atom stereocenters. The second-order valence-corrected chi connectivity index (χ2v) is 8.02. The van der Waals surface area contributed by atoms with Crippen molar-refractivity contribution < 1.29 is 9.59 Å². The Balaban J connectivity index is 1.78. The summed E-state index contributed by atoms with van der Waals surface area (Å²) in [5.74, 6) is -0.148. The molecule has 29 heavy (non-hydrogen) atoms. The molecule has 0 radical (unpaired) electrons. The number of fused-ring (bicyclic) bond motifs is 1. The molecule has 2 N–H and O–H groups in total. The standard InChI is InChI=1S/C22H31N5O2/c1-15-9-10-17(16(2)14-15)24-22(29)20-25-19(18-8-5-6-13-27(18)20)21(28)23-11-7-12-26(3)4/h9-10,14H,5-8,11-13H2,1-4H3,(H,23,28)(H,24,29). The lowest BCUT2D eigenvalue weighted by Gasteiger charge is -2.17. The minimum Gasteiger partial charge on any atom is -0.351 e. The van der Waals surface area contributed by atoms with Gasteiger partial charge in [-0.3, -0.25) is 9.59 Å². The highest BCUT2D eigenvalue weighted by Gasteiger charge is 2.27. The number of hydrogen-bond acceptors (Lipinski definition) is 4. The van der Waals surface area contributed by atoms with Crippen LogP contribution >= 0.6 is 0 Å². The Morgan fingerprint density at radius 2 is 1.97 bits per heavy atom. The van der Waals surface area contributed by atoms with Crippen LogP contribution in [0.15, 0.2) is 18.2 Å². The van der Waals surface area contributed by atoms with E-state index in [4.69, 9.17) is 0 Å². The summed E-state index contributed by atoms with van der Waals surface area (Å²) >= 11 is 0. The summed E-state index contributed by atoms with van der Waals surface area (Å²) in [7, 11) is 4.02. The molecule has 2 aromatic rings. The topological polar surface area (TPSA) is 79.3 Å². The Bertz CT molecular complexity index is 901. The maximum Gasteiger partial charge on any atom is 0.291 e. The van der Waals surface area contributed by atoms with Crippen LogP contribution in [-0.2, 0) is 13.0 Å². The van der Waals surface area contributed by atoms with Gasteiger partial charge in [0.2, 0.25) is 0 Å². The third kappa shape index (κ3) is 5.03. The molecule has 7 heteroatoms. The highest BCUT2D eigenvalue weighted by Crippen LogP contribution is 2.23. The summed E-state index contributed by atoms with van der Waals surface area (Å²) in [6, 6.07) is 5.90. The van der Waals surface area contributed by atoms with Crippen molar-refractivity contribution in [1.29, 1.82) is 0 Å². The van der Waals surface area contributed by atoms with Gasteiger partial charge < -0.3 is 20.1 Å². The van der Waals surface area contributed by atoms with Gasteiger partial charge in [0.25, 0.3) is 11.8 Å². The number of hydrogen-bond donors (Lipinski definition) is 2. The molecular formula is C22H31N5O2. The van der Waals surface area contributed by atoms with Gasteiger partial charge in [-0.2, -0.15) is 0 Å². The van der Waals surface area contributed by atoms with Gasteiger partial charge in [0, 0.05) is 18.8 Å². The first-order valence-electron chi connectivity index (χ1n) is 10.3. The summed E-state index contributed by atoms with van der Waals surface area (Å²) in [6.07, 6.45) is 3.63. The molecule has 0 fully saturated rings. The molecule has 156 valence electrons. The Kier molecular flexibility index (Phi) is 6.69. The molecule has 0 saturated carbocycles. The zero-order chi connectivity index (χ0) is 21.0. The predicted octanol–water partition coefficient (Wildman–Crippen LogP) is 2.77. The first-order chi connectivity index (χ1) is 13.9. The van der Waals surface area contributed by atoms with Crippen molar-refractivity contribution in [3.63, 3.8) is 0 Å². The number of carbonyl (C=O) groups excluding carboxylic acids is 2. The average Bonchev–Trinajstić information content (AvgIpc) is 3.07. The van der Waals surface area contributed by atoms with Crippen LogP contribution < -0.4 is 10.6 Å². The van der Waals surface area contributed by atoms with E-state index in [-0.39, 0.29) is 11.8 Å². The number of nitrogens with one attached hydrogen (secondary N) is 2. The van der Waals surface area contributed by atoms with Gasteiger partial charge in [0.1, 0.15) is 5.69 Å². The minimum atomic E-state index is -0.272. The number of carbonyl (C=O) groups is 2. The van der Waals surface area contributed by atoms with Gasteiger partial charge in [-0.25, -0.2) is 4.98 Å². The Morgan fingerprint density at radius 3 is 2.69 bits per heavy atom. The van der Waals surface area contributed by atoms with Crippen LogP contribution in [-0.4, -0.2) is 53.5 Å². The molecule has 0 spiro atoms. The number of aryl methyl sites for hydroxylation is 2. The lowest BCUT2D eigenvalue weighted by molar-refractivity contribution is 0.0946. The van der Waals surface area contributed by atoms with Crippen LogP contribution in [0.4, 0.5) is 5.69 Å². The van der Waals surface area contributed by atoms with Gasteiger partial charge in [0.15, 0.2) is 5.82 Å². The van der Waals surface area contributed by atoms with Crippen molar-refractivity contribution in [3.05, 3.63) is 46.5 Å². The number of nitrogens with zero attached hydrogens (tertiary/aromatic N) is 3. The molecule has 1 aromatic carbocycles. The normalized spacial score (nSPS) is 13.3. The molecule has 0 aliphatic carbocycles. The summed E-state index contributed by atoms with van der Waals surface area (Å²) in [4.78, 5) is 32.2. The molecule has 2 amide bonds. The highest BCUT2D eigenvalue weighted by atomic mass is 16.2. The maximum absolute atomic E-state index is 13.0. The van der Waals surface area contributed by atoms with E-state index in [1.807, 2.05) is 50.7 Å². The first kappa shape index (κ1) is 21.0. The third-order valence-corrected chi connectivity index (χ3v) is 5.23. The molecule has 1 aliphatic heterocycles. The number of benzene rings is 1. The number of amides is 2. The number of rotatable bonds is 7. The van der Waals surface area contributed by atoms with Gasteiger partial charge in [0.05, 0.1) is 5.69 Å². The van der Waals surface area contributed by atoms with Gasteiger partial charge in [-0.05, 0) is 71.8 Å². The Morgan fingerprint density at radius 1 is 1.17 bits per heavy atom. The second kappa shape index (κ2) is 9.22. The van der Waals surface area contributed by atoms with Gasteiger partial charge >= 0.3 is 0 Å². The Labute approximate surface area is 172 Å². The summed E-state index contributed by atoms with van der Waals surface area (Å²) in [5.41, 5.74) is 4.17. The van der Waals surface area contributed by atoms with Crippen LogP contribution in [0, 0.1) is 13.8 Å². The van der Waals surface area contributed by atoms with Crippen molar-refractivity contribution >= 4 is 17.5 Å². The van der Waals surface area contributed by atoms with Gasteiger partial charge in [-0.15, -0.1) is 0 Å². The molecule has 1 aromatic heterocycles. The van der Waals surface area contributed by atoms with E-state index in [0.717, 1.165) is 54.7 Å². The third-order valence-electron chi connectivity index (χ3n) is 5.23. The molecule has 3 rings (SSSR count). The zero-order valence-electron chi connectivity index (χ0n) is 17.8. The number of imidazole rings is 1. The predicted molar refractivity (Wildman–Crippen MR) is 115 cm³/mol. The fourth-order valence-corrected chi connectivity index (χ4v) is 3.71. The molecule has 0 atom stereocenters. The van der Waals surface area contributed by atoms with Crippen molar-refractivity contribution in [3.8, 4) is 0 Å². The van der Waals surface area contributed by atoms with Crippen LogP contribution in [0.3, 0.4) is 0 Å². The lowest BCUT2D eigenvalue weighted by atomic mass is 10.1. The van der Waals surface area contributed by atoms with E-state index in [1.165, 1.54) is 0 Å². The van der Waals surface area contributed by atoms with Crippen molar-refractivity contribution in [2.24, 2.45) is 0 Å². The molecular weight excluding hydrogens is 366 g/mol. The minimum absolute atomic E-state index is 0.194. The quantitative estimate of drug-likeness (QED) is 0.704. The summed E-state index contributed by atoms with van der Waals surface area (Å²) in [6.45, 7) is 6.20. The van der Waals surface area contributed by atoms with Crippen molar-refractivity contribution in [2.75, 3.05) is 32.5 Å². The van der Waals surface area contributed by atoms with E-state index in [9.17, 15) is 9.59 Å². The van der Waals surface area contributed by atoms with E-state index < -0.39 is 0 Å². The SMILES string of the molecule is Cc1ccc(NC(=O)c2nc(C(=O)NCCCN(C)C)c3n2CCCC3)c(C)c1. The van der Waals surface area contributed by atoms with Crippen molar-refractivity contribution in [1.82, 2.24) is 19.8 Å². The van der Waals surface area contributed by atoms with E-state index >= 15 is 0 Å².